The van der Waals surface area contributed by atoms with Gasteiger partial charge < -0.3 is 69.3 Å². The molecule has 0 aromatic rings. The summed E-state index contributed by atoms with van der Waals surface area (Å²) in [5.74, 6) is -2.58. The smallest absolute Gasteiger partial charge is 0.394 e. The standard InChI is InChI=1S/C40H68O18S/c1-18(2)24(55-37-34(31(47)32(56-37)23(44)16-41)57-36-33(53-7)30(46)26(52-6)17-54-36)9-8-19(3)20-14-22(43)35-38(20,4)13-11-27-39(5)12-10-21(42)29(45)28(39)25(15-40(27,35)48)58-59(49,50)51/h8-9,18-37,41-48H,10-17H2,1-7H3,(H,49,50,51). The van der Waals surface area contributed by atoms with Gasteiger partial charge in [-0.25, -0.2) is 4.18 Å². The molecule has 19 heteroatoms. The van der Waals surface area contributed by atoms with Gasteiger partial charge in [-0.2, -0.15) is 8.42 Å². The van der Waals surface area contributed by atoms with E-state index in [1.165, 1.54) is 14.2 Å². The Kier molecular flexibility index (Phi) is 14.4. The average molecular weight is 869 g/mol. The molecule has 6 aliphatic rings. The molecule has 9 N–H and O–H groups in total. The first-order valence-corrected chi connectivity index (χ1v) is 22.3. The third-order valence-electron chi connectivity index (χ3n) is 15.3. The van der Waals surface area contributed by atoms with Gasteiger partial charge in [-0.3, -0.25) is 4.55 Å². The second kappa shape index (κ2) is 17.9. The van der Waals surface area contributed by atoms with Crippen LogP contribution in [0.1, 0.15) is 73.1 Å². The zero-order valence-corrected chi connectivity index (χ0v) is 35.8. The summed E-state index contributed by atoms with van der Waals surface area (Å²) >= 11 is 0. The summed E-state index contributed by atoms with van der Waals surface area (Å²) in [7, 11) is -2.22. The van der Waals surface area contributed by atoms with Crippen LogP contribution in [0.5, 0.6) is 0 Å². The van der Waals surface area contributed by atoms with Crippen LogP contribution in [0, 0.1) is 46.3 Å². The maximum atomic E-state index is 12.9. The molecule has 6 fully saturated rings. The van der Waals surface area contributed by atoms with Crippen LogP contribution in [-0.4, -0.2) is 173 Å². The zero-order valence-electron chi connectivity index (χ0n) is 35.0. The van der Waals surface area contributed by atoms with Gasteiger partial charge in [0.15, 0.2) is 12.6 Å². The maximum Gasteiger partial charge on any atom is 0.397 e. The maximum absolute atomic E-state index is 12.9. The van der Waals surface area contributed by atoms with E-state index < -0.39 is 137 Å². The molecule has 0 spiro atoms. The molecule has 59 heavy (non-hydrogen) atoms. The Morgan fingerprint density at radius 2 is 1.54 bits per heavy atom. The molecule has 0 bridgehead atoms. The average Bonchev–Trinajstić information content (AvgIpc) is 3.62. The van der Waals surface area contributed by atoms with E-state index in [2.05, 4.69) is 0 Å². The quantitative estimate of drug-likeness (QED) is 0.0798. The number of hydrogen-bond donors (Lipinski definition) is 9. The number of hydrogen-bond acceptors (Lipinski definition) is 17. The van der Waals surface area contributed by atoms with Crippen LogP contribution < -0.4 is 0 Å². The zero-order chi connectivity index (χ0) is 43.6. The van der Waals surface area contributed by atoms with Crippen molar-refractivity contribution in [2.45, 2.75) is 165 Å². The SMILES string of the molecule is COC1COC(OC2C(OC(C=CC(C)C3CC(O)C4C3(C)CCC3C5(C)CCC(O)C(O)C5C(OS(=O)(=O)O)CC34O)C(C)C)OC(C(O)CO)C2O)C(OC)C1O. The van der Waals surface area contributed by atoms with Crippen molar-refractivity contribution in [3.05, 3.63) is 12.2 Å². The third-order valence-corrected chi connectivity index (χ3v) is 15.8. The largest absolute Gasteiger partial charge is 0.397 e. The van der Waals surface area contributed by atoms with Crippen molar-refractivity contribution >= 4 is 10.4 Å². The lowest BCUT2D eigenvalue weighted by molar-refractivity contribution is -0.311. The van der Waals surface area contributed by atoms with Crippen LogP contribution in [0.3, 0.4) is 0 Å². The van der Waals surface area contributed by atoms with E-state index in [0.29, 0.717) is 25.7 Å². The molecule has 22 atom stereocenters. The summed E-state index contributed by atoms with van der Waals surface area (Å²) < 4.78 is 74.4. The second-order valence-electron chi connectivity index (χ2n) is 18.9. The van der Waals surface area contributed by atoms with Crippen molar-refractivity contribution in [3.63, 3.8) is 0 Å². The predicted octanol–water partition coefficient (Wildman–Crippen LogP) is -0.334. The van der Waals surface area contributed by atoms with Crippen LogP contribution in [0.15, 0.2) is 12.2 Å². The van der Waals surface area contributed by atoms with E-state index in [4.69, 9.17) is 32.6 Å². The fraction of sp³-hybridized carbons (Fsp3) is 0.950. The summed E-state index contributed by atoms with van der Waals surface area (Å²) in [6.07, 6.45) is -10.6. The Balaban J connectivity index is 1.22. The van der Waals surface area contributed by atoms with Crippen LogP contribution in [-0.2, 0) is 43.0 Å². The van der Waals surface area contributed by atoms with E-state index in [9.17, 15) is 53.8 Å². The van der Waals surface area contributed by atoms with E-state index in [0.717, 1.165) is 0 Å². The summed E-state index contributed by atoms with van der Waals surface area (Å²) in [6.45, 7) is 9.02. The molecule has 4 aliphatic carbocycles. The topological polar surface area (TPSA) is 281 Å². The molecule has 4 saturated carbocycles. The fourth-order valence-electron chi connectivity index (χ4n) is 12.5. The molecular weight excluding hydrogens is 800 g/mol. The Labute approximate surface area is 346 Å². The predicted molar refractivity (Wildman–Crippen MR) is 205 cm³/mol. The number of aliphatic hydroxyl groups excluding tert-OH is 7. The molecule has 2 heterocycles. The first kappa shape index (κ1) is 47.5. The molecule has 342 valence electrons. The van der Waals surface area contributed by atoms with E-state index >= 15 is 0 Å². The molecule has 22 unspecified atom stereocenters. The molecule has 2 saturated heterocycles. The number of aliphatic hydroxyl groups is 8. The normalized spacial score (nSPS) is 49.4. The van der Waals surface area contributed by atoms with Crippen molar-refractivity contribution in [2.75, 3.05) is 27.4 Å². The molecule has 6 rings (SSSR count). The van der Waals surface area contributed by atoms with E-state index in [1.54, 1.807) is 0 Å². The van der Waals surface area contributed by atoms with Crippen molar-refractivity contribution in [3.8, 4) is 0 Å². The van der Waals surface area contributed by atoms with Gasteiger partial charge in [0.25, 0.3) is 0 Å². The Hall–Kier alpha value is -0.950. The van der Waals surface area contributed by atoms with Crippen LogP contribution in [0.25, 0.3) is 0 Å². The molecule has 0 radical (unpaired) electrons. The minimum atomic E-state index is -5.01. The van der Waals surface area contributed by atoms with Gasteiger partial charge >= 0.3 is 10.4 Å². The number of fused-ring (bicyclic) bond motifs is 5. The summed E-state index contributed by atoms with van der Waals surface area (Å²) in [5.41, 5.74) is -3.15. The lowest BCUT2D eigenvalue weighted by atomic mass is 9.41. The summed E-state index contributed by atoms with van der Waals surface area (Å²) in [5, 5.41) is 88.9. The number of methoxy groups -OCH3 is 2. The molecule has 18 nitrogen and oxygen atoms in total. The Morgan fingerprint density at radius 3 is 2.15 bits per heavy atom. The molecule has 2 aliphatic heterocycles. The highest BCUT2D eigenvalue weighted by Crippen LogP contribution is 2.70. The Morgan fingerprint density at radius 1 is 0.864 bits per heavy atom. The molecule has 0 aromatic heterocycles. The van der Waals surface area contributed by atoms with E-state index in [-0.39, 0.29) is 37.2 Å². The summed E-state index contributed by atoms with van der Waals surface area (Å²) in [6, 6.07) is 0. The molecular formula is C40H68O18S. The van der Waals surface area contributed by atoms with Gasteiger partial charge in [0, 0.05) is 32.5 Å². The third kappa shape index (κ3) is 8.69. The monoisotopic (exact) mass is 868 g/mol. The lowest BCUT2D eigenvalue weighted by Gasteiger charge is -2.66. The summed E-state index contributed by atoms with van der Waals surface area (Å²) in [4.78, 5) is 0. The highest BCUT2D eigenvalue weighted by Gasteiger charge is 2.72. The van der Waals surface area contributed by atoms with E-state index in [1.807, 2.05) is 46.8 Å². The highest BCUT2D eigenvalue weighted by atomic mass is 32.3. The minimum absolute atomic E-state index is 0.0327. The minimum Gasteiger partial charge on any atom is -0.394 e. The first-order chi connectivity index (χ1) is 27.6. The van der Waals surface area contributed by atoms with Crippen LogP contribution in [0.2, 0.25) is 0 Å². The number of allylic oxidation sites excluding steroid dienone is 1. The van der Waals surface area contributed by atoms with Crippen molar-refractivity contribution in [1.29, 1.82) is 0 Å². The van der Waals surface area contributed by atoms with Gasteiger partial charge in [0.05, 0.1) is 49.3 Å². The second-order valence-corrected chi connectivity index (χ2v) is 20.0. The molecule has 0 aromatic carbocycles. The fourth-order valence-corrected chi connectivity index (χ4v) is 13.0. The van der Waals surface area contributed by atoms with Gasteiger partial charge in [-0.1, -0.05) is 46.8 Å². The number of ether oxygens (including phenoxy) is 6. The van der Waals surface area contributed by atoms with Gasteiger partial charge in [-0.15, -0.1) is 0 Å². The first-order valence-electron chi connectivity index (χ1n) is 20.9. The highest BCUT2D eigenvalue weighted by molar-refractivity contribution is 7.80. The van der Waals surface area contributed by atoms with Crippen LogP contribution in [0.4, 0.5) is 0 Å². The Bertz CT molecular complexity index is 1570. The van der Waals surface area contributed by atoms with Crippen molar-refractivity contribution in [2.24, 2.45) is 46.3 Å². The van der Waals surface area contributed by atoms with Crippen LogP contribution >= 0.6 is 0 Å². The van der Waals surface area contributed by atoms with Gasteiger partial charge in [-0.05, 0) is 66.6 Å². The number of rotatable bonds is 14. The van der Waals surface area contributed by atoms with Gasteiger partial charge in [0.1, 0.15) is 42.7 Å². The van der Waals surface area contributed by atoms with Crippen molar-refractivity contribution in [1.82, 2.24) is 0 Å². The van der Waals surface area contributed by atoms with Crippen molar-refractivity contribution < 1.29 is 86.4 Å². The lowest BCUT2D eigenvalue weighted by Crippen LogP contribution is -2.71. The molecule has 0 amide bonds. The van der Waals surface area contributed by atoms with Gasteiger partial charge in [0.2, 0.25) is 0 Å².